The second kappa shape index (κ2) is 6.78. The quantitative estimate of drug-likeness (QED) is 0.506. The number of nitro benzene ring substituents is 1. The van der Waals surface area contributed by atoms with Crippen LogP contribution in [0.5, 0.6) is 11.5 Å². The molecule has 1 aromatic heterocycles. The molecular weight excluding hydrogens is 314 g/mol. The van der Waals surface area contributed by atoms with Crippen LogP contribution in [-0.4, -0.2) is 22.2 Å². The SMILES string of the molecule is COc1cccc(-c2noc(COc3ccc([N+](=O)[O-])cc3)n2)c1. The van der Waals surface area contributed by atoms with E-state index in [-0.39, 0.29) is 12.3 Å². The molecule has 0 radical (unpaired) electrons. The molecule has 8 heteroatoms. The number of non-ortho nitro benzene ring substituents is 1. The van der Waals surface area contributed by atoms with Crippen LogP contribution in [0, 0.1) is 10.1 Å². The van der Waals surface area contributed by atoms with Gasteiger partial charge in [0.05, 0.1) is 12.0 Å². The number of aromatic nitrogens is 2. The Morgan fingerprint density at radius 1 is 1.17 bits per heavy atom. The van der Waals surface area contributed by atoms with E-state index in [4.69, 9.17) is 14.0 Å². The summed E-state index contributed by atoms with van der Waals surface area (Å²) in [5.41, 5.74) is 0.764. The first-order valence-electron chi connectivity index (χ1n) is 7.00. The summed E-state index contributed by atoms with van der Waals surface area (Å²) in [6.45, 7) is 0.0643. The Labute approximate surface area is 136 Å². The van der Waals surface area contributed by atoms with Gasteiger partial charge in [0.15, 0.2) is 6.61 Å². The topological polar surface area (TPSA) is 101 Å². The van der Waals surface area contributed by atoms with Crippen LogP contribution >= 0.6 is 0 Å². The second-order valence-corrected chi connectivity index (χ2v) is 4.78. The Kier molecular flexibility index (Phi) is 4.37. The minimum atomic E-state index is -0.470. The minimum Gasteiger partial charge on any atom is -0.497 e. The van der Waals surface area contributed by atoms with Crippen LogP contribution in [0.3, 0.4) is 0 Å². The van der Waals surface area contributed by atoms with Gasteiger partial charge in [-0.15, -0.1) is 0 Å². The van der Waals surface area contributed by atoms with Crippen molar-refractivity contribution in [2.24, 2.45) is 0 Å². The Bertz CT molecular complexity index is 845. The van der Waals surface area contributed by atoms with E-state index in [2.05, 4.69) is 10.1 Å². The number of benzene rings is 2. The Morgan fingerprint density at radius 2 is 1.96 bits per heavy atom. The van der Waals surface area contributed by atoms with Gasteiger partial charge in [0.1, 0.15) is 11.5 Å². The number of hydrogen-bond acceptors (Lipinski definition) is 7. The second-order valence-electron chi connectivity index (χ2n) is 4.78. The zero-order valence-corrected chi connectivity index (χ0v) is 12.7. The predicted octanol–water partition coefficient (Wildman–Crippen LogP) is 3.23. The van der Waals surface area contributed by atoms with E-state index in [0.29, 0.717) is 23.2 Å². The fraction of sp³-hybridized carbons (Fsp3) is 0.125. The first kappa shape index (κ1) is 15.5. The molecule has 0 saturated heterocycles. The molecule has 0 spiro atoms. The average molecular weight is 327 g/mol. The van der Waals surface area contributed by atoms with E-state index in [9.17, 15) is 10.1 Å². The lowest BCUT2D eigenvalue weighted by molar-refractivity contribution is -0.384. The molecule has 0 amide bonds. The third kappa shape index (κ3) is 3.49. The van der Waals surface area contributed by atoms with Crippen molar-refractivity contribution in [2.45, 2.75) is 6.61 Å². The lowest BCUT2D eigenvalue weighted by Gasteiger charge is -2.02. The standard InChI is InChI=1S/C16H13N3O5/c1-22-14-4-2-3-11(9-14)16-17-15(24-18-16)10-23-13-7-5-12(6-8-13)19(20)21/h2-9H,10H2,1H3. The fourth-order valence-corrected chi connectivity index (χ4v) is 2.00. The van der Waals surface area contributed by atoms with E-state index in [0.717, 1.165) is 5.56 Å². The van der Waals surface area contributed by atoms with Crippen molar-refractivity contribution in [1.82, 2.24) is 10.1 Å². The molecule has 0 aliphatic carbocycles. The van der Waals surface area contributed by atoms with E-state index in [1.165, 1.54) is 24.3 Å². The maximum Gasteiger partial charge on any atom is 0.269 e. The average Bonchev–Trinajstić information content (AvgIpc) is 3.09. The largest absolute Gasteiger partial charge is 0.497 e. The van der Waals surface area contributed by atoms with Crippen molar-refractivity contribution in [3.05, 3.63) is 64.5 Å². The third-order valence-corrected chi connectivity index (χ3v) is 3.21. The molecule has 3 rings (SSSR count). The summed E-state index contributed by atoms with van der Waals surface area (Å²) in [5.74, 6) is 1.89. The molecular formula is C16H13N3O5. The molecule has 0 N–H and O–H groups in total. The smallest absolute Gasteiger partial charge is 0.269 e. The number of methoxy groups -OCH3 is 1. The fourth-order valence-electron chi connectivity index (χ4n) is 2.00. The van der Waals surface area contributed by atoms with Crippen LogP contribution in [0.15, 0.2) is 53.1 Å². The van der Waals surface area contributed by atoms with Crippen molar-refractivity contribution in [1.29, 1.82) is 0 Å². The minimum absolute atomic E-state index is 0.000418. The van der Waals surface area contributed by atoms with Gasteiger partial charge in [-0.25, -0.2) is 0 Å². The Morgan fingerprint density at radius 3 is 2.67 bits per heavy atom. The number of hydrogen-bond donors (Lipinski definition) is 0. The summed E-state index contributed by atoms with van der Waals surface area (Å²) in [7, 11) is 1.58. The highest BCUT2D eigenvalue weighted by atomic mass is 16.6. The lowest BCUT2D eigenvalue weighted by Crippen LogP contribution is -1.96. The van der Waals surface area contributed by atoms with Crippen LogP contribution in [0.4, 0.5) is 5.69 Å². The van der Waals surface area contributed by atoms with Crippen LogP contribution in [0.25, 0.3) is 11.4 Å². The zero-order chi connectivity index (χ0) is 16.9. The van der Waals surface area contributed by atoms with Crippen LogP contribution in [-0.2, 0) is 6.61 Å². The van der Waals surface area contributed by atoms with E-state index in [1.807, 2.05) is 18.2 Å². The van der Waals surface area contributed by atoms with Crippen molar-refractivity contribution in [2.75, 3.05) is 7.11 Å². The summed E-state index contributed by atoms with van der Waals surface area (Å²) in [5, 5.41) is 14.5. The Hall–Kier alpha value is -3.42. The third-order valence-electron chi connectivity index (χ3n) is 3.21. The van der Waals surface area contributed by atoms with Gasteiger partial charge in [0, 0.05) is 17.7 Å². The number of ether oxygens (including phenoxy) is 2. The highest BCUT2D eigenvalue weighted by Gasteiger charge is 2.10. The zero-order valence-electron chi connectivity index (χ0n) is 12.7. The summed E-state index contributed by atoms with van der Waals surface area (Å²) in [6, 6.07) is 13.0. The van der Waals surface area contributed by atoms with Crippen molar-refractivity contribution < 1.29 is 18.9 Å². The van der Waals surface area contributed by atoms with E-state index in [1.54, 1.807) is 13.2 Å². The Balaban J connectivity index is 1.66. The molecule has 2 aromatic carbocycles. The van der Waals surface area contributed by atoms with Gasteiger partial charge in [-0.05, 0) is 24.3 Å². The number of rotatable bonds is 6. The lowest BCUT2D eigenvalue weighted by atomic mass is 10.2. The van der Waals surface area contributed by atoms with Gasteiger partial charge in [-0.1, -0.05) is 17.3 Å². The molecule has 3 aromatic rings. The van der Waals surface area contributed by atoms with Gasteiger partial charge in [0.2, 0.25) is 5.82 Å². The van der Waals surface area contributed by atoms with Gasteiger partial charge in [-0.3, -0.25) is 10.1 Å². The summed E-state index contributed by atoms with van der Waals surface area (Å²) in [6.07, 6.45) is 0. The monoisotopic (exact) mass is 327 g/mol. The molecule has 24 heavy (non-hydrogen) atoms. The molecule has 0 atom stereocenters. The summed E-state index contributed by atoms with van der Waals surface area (Å²) >= 11 is 0. The highest BCUT2D eigenvalue weighted by molar-refractivity contribution is 5.56. The maximum atomic E-state index is 10.6. The molecule has 0 saturated carbocycles. The highest BCUT2D eigenvalue weighted by Crippen LogP contribution is 2.22. The molecule has 8 nitrogen and oxygen atoms in total. The maximum absolute atomic E-state index is 10.6. The summed E-state index contributed by atoms with van der Waals surface area (Å²) in [4.78, 5) is 14.4. The normalized spacial score (nSPS) is 10.4. The number of nitrogens with zero attached hydrogens (tertiary/aromatic N) is 3. The van der Waals surface area contributed by atoms with Crippen LogP contribution < -0.4 is 9.47 Å². The number of nitro groups is 1. The molecule has 0 bridgehead atoms. The van der Waals surface area contributed by atoms with Crippen molar-refractivity contribution in [3.8, 4) is 22.9 Å². The molecule has 0 aliphatic heterocycles. The van der Waals surface area contributed by atoms with Gasteiger partial charge >= 0.3 is 0 Å². The molecule has 0 fully saturated rings. The molecule has 122 valence electrons. The first-order chi connectivity index (χ1) is 11.7. The van der Waals surface area contributed by atoms with Crippen molar-refractivity contribution >= 4 is 5.69 Å². The van der Waals surface area contributed by atoms with E-state index >= 15 is 0 Å². The molecule has 1 heterocycles. The summed E-state index contributed by atoms with van der Waals surface area (Å²) < 4.78 is 15.8. The first-order valence-corrected chi connectivity index (χ1v) is 7.00. The van der Waals surface area contributed by atoms with Crippen molar-refractivity contribution in [3.63, 3.8) is 0 Å². The van der Waals surface area contributed by atoms with Gasteiger partial charge < -0.3 is 14.0 Å². The predicted molar refractivity (Wildman–Crippen MR) is 83.7 cm³/mol. The van der Waals surface area contributed by atoms with Crippen LogP contribution in [0.2, 0.25) is 0 Å². The van der Waals surface area contributed by atoms with Crippen LogP contribution in [0.1, 0.15) is 5.89 Å². The van der Waals surface area contributed by atoms with E-state index < -0.39 is 4.92 Å². The molecule has 0 aliphatic rings. The van der Waals surface area contributed by atoms with Gasteiger partial charge in [-0.2, -0.15) is 4.98 Å². The molecule has 0 unspecified atom stereocenters. The van der Waals surface area contributed by atoms with Gasteiger partial charge in [0.25, 0.3) is 11.6 Å².